The van der Waals surface area contributed by atoms with Gasteiger partial charge in [-0.25, -0.2) is 0 Å². The van der Waals surface area contributed by atoms with Crippen LogP contribution in [0.25, 0.3) is 0 Å². The lowest BCUT2D eigenvalue weighted by Crippen LogP contribution is -2.28. The van der Waals surface area contributed by atoms with E-state index in [9.17, 15) is 5.11 Å². The predicted octanol–water partition coefficient (Wildman–Crippen LogP) is 4.91. The molecule has 0 spiro atoms. The third kappa shape index (κ3) is 6.38. The summed E-state index contributed by atoms with van der Waals surface area (Å²) in [5.74, 6) is 0. The van der Waals surface area contributed by atoms with E-state index in [2.05, 4.69) is 58.3 Å². The molecule has 3 nitrogen and oxygen atoms in total. The van der Waals surface area contributed by atoms with E-state index in [4.69, 9.17) is 0 Å². The maximum Gasteiger partial charge on any atom is 0.0917 e. The van der Waals surface area contributed by atoms with Crippen LogP contribution in [0.3, 0.4) is 0 Å². The van der Waals surface area contributed by atoms with Crippen molar-refractivity contribution in [3.8, 4) is 0 Å². The summed E-state index contributed by atoms with van der Waals surface area (Å²) >= 11 is 0. The molecule has 148 valence electrons. The summed E-state index contributed by atoms with van der Waals surface area (Å²) < 4.78 is 0. The molecule has 3 aromatic carbocycles. The van der Waals surface area contributed by atoms with E-state index < -0.39 is 6.10 Å². The fourth-order valence-electron chi connectivity index (χ4n) is 3.21. The van der Waals surface area contributed by atoms with Gasteiger partial charge in [0.2, 0.25) is 0 Å². The molecule has 0 saturated carbocycles. The minimum absolute atomic E-state index is 0. The van der Waals surface area contributed by atoms with E-state index in [1.54, 1.807) is 0 Å². The highest BCUT2D eigenvalue weighted by Crippen LogP contribution is 2.19. The lowest BCUT2D eigenvalue weighted by Gasteiger charge is -2.26. The van der Waals surface area contributed by atoms with Crippen LogP contribution in [-0.4, -0.2) is 30.6 Å². The van der Waals surface area contributed by atoms with E-state index >= 15 is 0 Å². The van der Waals surface area contributed by atoms with Crippen molar-refractivity contribution in [3.05, 3.63) is 102 Å². The van der Waals surface area contributed by atoms with Gasteiger partial charge in [-0.05, 0) is 28.8 Å². The van der Waals surface area contributed by atoms with E-state index in [0.29, 0.717) is 6.54 Å². The van der Waals surface area contributed by atoms with Gasteiger partial charge in [-0.2, -0.15) is 0 Å². The molecule has 0 heterocycles. The third-order valence-electron chi connectivity index (χ3n) is 4.72. The average Bonchev–Trinajstić information content (AvgIpc) is 2.70. The zero-order valence-corrected chi connectivity index (χ0v) is 17.3. The Balaban J connectivity index is 0.00000280. The van der Waals surface area contributed by atoms with E-state index in [-0.39, 0.29) is 12.4 Å². The maximum absolute atomic E-state index is 10.7. The highest BCUT2D eigenvalue weighted by molar-refractivity contribution is 5.85. The molecule has 0 radical (unpaired) electrons. The fraction of sp³-hybridized carbons (Fsp3) is 0.250. The summed E-state index contributed by atoms with van der Waals surface area (Å²) in [6.07, 6.45) is -0.504. The first-order valence-corrected chi connectivity index (χ1v) is 9.37. The first-order chi connectivity index (χ1) is 13.1. The first-order valence-electron chi connectivity index (χ1n) is 9.37. The number of hydrogen-bond donors (Lipinski definition) is 1. The van der Waals surface area contributed by atoms with Crippen molar-refractivity contribution < 1.29 is 5.11 Å². The predicted molar refractivity (Wildman–Crippen MR) is 120 cm³/mol. The minimum Gasteiger partial charge on any atom is -0.387 e. The molecule has 1 unspecified atom stereocenters. The Bertz CT molecular complexity index is 807. The van der Waals surface area contributed by atoms with Crippen molar-refractivity contribution in [1.29, 1.82) is 0 Å². The number of aliphatic hydroxyl groups excluding tert-OH is 1. The average molecular weight is 397 g/mol. The van der Waals surface area contributed by atoms with Gasteiger partial charge >= 0.3 is 0 Å². The van der Waals surface area contributed by atoms with Gasteiger partial charge in [0.05, 0.1) is 6.10 Å². The minimum atomic E-state index is -0.504. The molecule has 1 atom stereocenters. The van der Waals surface area contributed by atoms with Gasteiger partial charge in [0.15, 0.2) is 0 Å². The first kappa shape index (κ1) is 22.0. The van der Waals surface area contributed by atoms with Crippen molar-refractivity contribution in [3.63, 3.8) is 0 Å². The molecule has 0 amide bonds. The monoisotopic (exact) mass is 396 g/mol. The van der Waals surface area contributed by atoms with Gasteiger partial charge in [0.1, 0.15) is 0 Å². The summed E-state index contributed by atoms with van der Waals surface area (Å²) in [6.45, 7) is 2.20. The molecule has 0 bridgehead atoms. The molecule has 28 heavy (non-hydrogen) atoms. The van der Waals surface area contributed by atoms with Gasteiger partial charge < -0.3 is 10.0 Å². The topological polar surface area (TPSA) is 26.7 Å². The molecule has 0 aliphatic rings. The summed E-state index contributed by atoms with van der Waals surface area (Å²) in [7, 11) is 4.10. The van der Waals surface area contributed by atoms with Gasteiger partial charge in [-0.1, -0.05) is 72.8 Å². The van der Waals surface area contributed by atoms with Crippen LogP contribution >= 0.6 is 12.4 Å². The van der Waals surface area contributed by atoms with Crippen molar-refractivity contribution in [2.75, 3.05) is 25.5 Å². The second kappa shape index (κ2) is 10.9. The summed E-state index contributed by atoms with van der Waals surface area (Å²) in [5.41, 5.74) is 4.65. The molecular weight excluding hydrogens is 368 g/mol. The van der Waals surface area contributed by atoms with Crippen molar-refractivity contribution in [2.24, 2.45) is 0 Å². The van der Waals surface area contributed by atoms with Crippen molar-refractivity contribution >= 4 is 18.1 Å². The van der Waals surface area contributed by atoms with Crippen molar-refractivity contribution in [1.82, 2.24) is 4.90 Å². The van der Waals surface area contributed by atoms with E-state index in [1.165, 1.54) is 16.8 Å². The molecule has 0 aromatic heterocycles. The van der Waals surface area contributed by atoms with Crippen LogP contribution < -0.4 is 4.90 Å². The van der Waals surface area contributed by atoms with Gasteiger partial charge in [-0.15, -0.1) is 12.4 Å². The Morgan fingerprint density at radius 1 is 0.714 bits per heavy atom. The molecule has 3 aromatic rings. The van der Waals surface area contributed by atoms with Crippen LogP contribution in [0.4, 0.5) is 5.69 Å². The fourth-order valence-corrected chi connectivity index (χ4v) is 3.21. The quantitative estimate of drug-likeness (QED) is 0.586. The van der Waals surface area contributed by atoms with Crippen LogP contribution in [0, 0.1) is 0 Å². The van der Waals surface area contributed by atoms with Crippen LogP contribution in [0.1, 0.15) is 22.8 Å². The highest BCUT2D eigenvalue weighted by Gasteiger charge is 2.14. The zero-order valence-electron chi connectivity index (χ0n) is 16.5. The zero-order chi connectivity index (χ0) is 19.1. The summed E-state index contributed by atoms with van der Waals surface area (Å²) in [4.78, 5) is 4.41. The second-order valence-corrected chi connectivity index (χ2v) is 7.14. The normalized spacial score (nSPS) is 11.7. The number of benzene rings is 3. The number of nitrogens with zero attached hydrogens (tertiary/aromatic N) is 2. The van der Waals surface area contributed by atoms with Crippen molar-refractivity contribution in [2.45, 2.75) is 19.2 Å². The molecule has 1 N–H and O–H groups in total. The molecule has 3 rings (SSSR count). The molecule has 0 aliphatic heterocycles. The molecular formula is C24H29ClN2O. The Morgan fingerprint density at radius 3 is 1.75 bits per heavy atom. The lowest BCUT2D eigenvalue weighted by atomic mass is 10.1. The Labute approximate surface area is 174 Å². The molecule has 4 heteroatoms. The third-order valence-corrected chi connectivity index (χ3v) is 4.72. The van der Waals surface area contributed by atoms with E-state index in [1.807, 2.05) is 50.5 Å². The lowest BCUT2D eigenvalue weighted by molar-refractivity contribution is 0.105. The SMILES string of the molecule is CN(C)c1ccc(CN(Cc2ccccc2)CC(O)c2ccccc2)cc1.Cl. The second-order valence-electron chi connectivity index (χ2n) is 7.14. The molecule has 0 fully saturated rings. The smallest absolute Gasteiger partial charge is 0.0917 e. The van der Waals surface area contributed by atoms with Gasteiger partial charge in [-0.3, -0.25) is 4.90 Å². The number of aliphatic hydroxyl groups is 1. The van der Waals surface area contributed by atoms with Crippen LogP contribution in [0.2, 0.25) is 0 Å². The number of rotatable bonds is 8. The maximum atomic E-state index is 10.7. The Hall–Kier alpha value is -2.33. The van der Waals surface area contributed by atoms with Crippen LogP contribution in [-0.2, 0) is 13.1 Å². The Kier molecular flexibility index (Phi) is 8.52. The van der Waals surface area contributed by atoms with E-state index in [0.717, 1.165) is 18.7 Å². The summed E-state index contributed by atoms with van der Waals surface area (Å²) in [5, 5.41) is 10.7. The van der Waals surface area contributed by atoms with Gasteiger partial charge in [0, 0.05) is 39.4 Å². The van der Waals surface area contributed by atoms with Gasteiger partial charge in [0.25, 0.3) is 0 Å². The van der Waals surface area contributed by atoms with Crippen LogP contribution in [0.5, 0.6) is 0 Å². The highest BCUT2D eigenvalue weighted by atomic mass is 35.5. The Morgan fingerprint density at radius 2 is 1.21 bits per heavy atom. The molecule has 0 aliphatic carbocycles. The number of halogens is 1. The molecule has 0 saturated heterocycles. The standard InChI is InChI=1S/C24H28N2O.ClH/c1-25(2)23-15-13-21(14-16-23)18-26(17-20-9-5-3-6-10-20)19-24(27)22-11-7-4-8-12-22;/h3-16,24,27H,17-19H2,1-2H3;1H. The van der Waals surface area contributed by atoms with Crippen LogP contribution in [0.15, 0.2) is 84.9 Å². The number of hydrogen-bond acceptors (Lipinski definition) is 3. The largest absolute Gasteiger partial charge is 0.387 e. The summed E-state index contributed by atoms with van der Waals surface area (Å²) in [6, 6.07) is 28.9. The number of anilines is 1.